The monoisotopic (exact) mass is 333 g/mol. The number of halogens is 1. The number of hydrogen-bond acceptors (Lipinski definition) is 2. The van der Waals surface area contributed by atoms with Gasteiger partial charge < -0.3 is 5.32 Å². The van der Waals surface area contributed by atoms with Crippen molar-refractivity contribution in [2.75, 3.05) is 5.32 Å². The van der Waals surface area contributed by atoms with Crippen molar-refractivity contribution in [3.63, 3.8) is 0 Å². The Hall–Kier alpha value is -1.45. The molecule has 116 valence electrons. The van der Waals surface area contributed by atoms with Crippen molar-refractivity contribution in [3.05, 3.63) is 64.7 Å². The number of carbonyl (C=O) groups is 1. The fourth-order valence-electron chi connectivity index (χ4n) is 2.04. The minimum Gasteiger partial charge on any atom is -0.325 e. The Kier molecular flexibility index (Phi) is 6.34. The Morgan fingerprint density at radius 3 is 2.59 bits per heavy atom. The van der Waals surface area contributed by atoms with E-state index in [9.17, 15) is 4.79 Å². The molecule has 0 saturated heterocycles. The highest BCUT2D eigenvalue weighted by Gasteiger charge is 2.17. The van der Waals surface area contributed by atoms with Gasteiger partial charge in [-0.2, -0.15) is 0 Å². The summed E-state index contributed by atoms with van der Waals surface area (Å²) in [5.74, 6) is 0.866. The molecule has 0 spiro atoms. The summed E-state index contributed by atoms with van der Waals surface area (Å²) in [6, 6.07) is 15.8. The first-order valence-corrected chi connectivity index (χ1v) is 8.75. The molecule has 2 nitrogen and oxygen atoms in total. The number of thioether (sulfide) groups is 1. The molecule has 2 aromatic carbocycles. The molecular formula is C18H20ClNOS. The maximum absolute atomic E-state index is 12.4. The van der Waals surface area contributed by atoms with Crippen LogP contribution < -0.4 is 5.32 Å². The number of amides is 1. The predicted octanol–water partition coefficient (Wildman–Crippen LogP) is 5.30. The van der Waals surface area contributed by atoms with E-state index in [2.05, 4.69) is 17.4 Å². The maximum Gasteiger partial charge on any atom is 0.237 e. The van der Waals surface area contributed by atoms with E-state index in [0.29, 0.717) is 5.02 Å². The van der Waals surface area contributed by atoms with E-state index in [1.54, 1.807) is 17.8 Å². The number of carbonyl (C=O) groups excluding carboxylic acids is 1. The molecule has 0 aliphatic carbocycles. The minimum absolute atomic E-state index is 0.0309. The first kappa shape index (κ1) is 16.9. The van der Waals surface area contributed by atoms with Crippen molar-refractivity contribution < 1.29 is 4.79 Å². The lowest BCUT2D eigenvalue weighted by atomic mass is 10.2. The summed E-state index contributed by atoms with van der Waals surface area (Å²) in [7, 11) is 0. The Morgan fingerprint density at radius 1 is 1.23 bits per heavy atom. The van der Waals surface area contributed by atoms with Crippen LogP contribution in [0.3, 0.4) is 0 Å². The van der Waals surface area contributed by atoms with Gasteiger partial charge in [0.1, 0.15) is 0 Å². The molecule has 22 heavy (non-hydrogen) atoms. The summed E-state index contributed by atoms with van der Waals surface area (Å²) in [6.07, 6.45) is 0.795. The van der Waals surface area contributed by atoms with Crippen LogP contribution in [0, 0.1) is 6.92 Å². The fraction of sp³-hybridized carbons (Fsp3) is 0.278. The number of benzene rings is 2. The molecule has 0 saturated carbocycles. The maximum atomic E-state index is 12.4. The van der Waals surface area contributed by atoms with Crippen LogP contribution in [0.15, 0.2) is 48.5 Å². The van der Waals surface area contributed by atoms with E-state index < -0.39 is 0 Å². The third-order valence-electron chi connectivity index (χ3n) is 3.40. The molecule has 1 atom stereocenters. The van der Waals surface area contributed by atoms with E-state index >= 15 is 0 Å². The highest BCUT2D eigenvalue weighted by Crippen LogP contribution is 2.24. The summed E-state index contributed by atoms with van der Waals surface area (Å²) in [6.45, 7) is 3.98. The molecule has 1 N–H and O–H groups in total. The average Bonchev–Trinajstić information content (AvgIpc) is 2.52. The zero-order valence-electron chi connectivity index (χ0n) is 12.8. The van der Waals surface area contributed by atoms with E-state index in [4.69, 9.17) is 11.6 Å². The molecule has 0 aliphatic rings. The zero-order chi connectivity index (χ0) is 15.9. The van der Waals surface area contributed by atoms with E-state index in [0.717, 1.165) is 23.4 Å². The molecule has 0 radical (unpaired) electrons. The molecule has 1 amide bonds. The normalized spacial score (nSPS) is 12.0. The minimum atomic E-state index is -0.0692. The van der Waals surface area contributed by atoms with E-state index in [1.165, 1.54) is 5.56 Å². The third-order valence-corrected chi connectivity index (χ3v) is 5.25. The van der Waals surface area contributed by atoms with Crippen LogP contribution in [0.1, 0.15) is 24.5 Å². The fourth-order valence-corrected chi connectivity index (χ4v) is 3.26. The van der Waals surface area contributed by atoms with Crippen LogP contribution >= 0.6 is 23.4 Å². The number of anilines is 1. The predicted molar refractivity (Wildman–Crippen MR) is 96.6 cm³/mol. The van der Waals surface area contributed by atoms with Crippen LogP contribution in [0.25, 0.3) is 0 Å². The molecule has 0 fully saturated rings. The molecule has 2 rings (SSSR count). The molecule has 0 aliphatic heterocycles. The highest BCUT2D eigenvalue weighted by molar-refractivity contribution is 7.99. The molecule has 0 bridgehead atoms. The van der Waals surface area contributed by atoms with Crippen molar-refractivity contribution >= 4 is 35.0 Å². The molecule has 0 heterocycles. The van der Waals surface area contributed by atoms with Gasteiger partial charge in [0.2, 0.25) is 5.91 Å². The lowest BCUT2D eigenvalue weighted by Crippen LogP contribution is -2.24. The van der Waals surface area contributed by atoms with E-state index in [-0.39, 0.29) is 11.2 Å². The smallest absolute Gasteiger partial charge is 0.237 e. The van der Waals surface area contributed by atoms with Gasteiger partial charge in [0.05, 0.1) is 5.25 Å². The van der Waals surface area contributed by atoms with Crippen LogP contribution in [-0.4, -0.2) is 11.2 Å². The molecular weight excluding hydrogens is 314 g/mol. The number of nitrogens with one attached hydrogen (secondary N) is 1. The van der Waals surface area contributed by atoms with Gasteiger partial charge in [0, 0.05) is 16.5 Å². The van der Waals surface area contributed by atoms with Crippen molar-refractivity contribution in [1.82, 2.24) is 0 Å². The second kappa shape index (κ2) is 8.25. The van der Waals surface area contributed by atoms with Gasteiger partial charge in [-0.3, -0.25) is 4.79 Å². The van der Waals surface area contributed by atoms with Crippen molar-refractivity contribution in [3.8, 4) is 0 Å². The van der Waals surface area contributed by atoms with Gasteiger partial charge in [-0.1, -0.05) is 54.9 Å². The lowest BCUT2D eigenvalue weighted by Gasteiger charge is -2.15. The van der Waals surface area contributed by atoms with Gasteiger partial charge in [-0.05, 0) is 36.6 Å². The Bertz CT molecular complexity index is 630. The van der Waals surface area contributed by atoms with Gasteiger partial charge >= 0.3 is 0 Å². The summed E-state index contributed by atoms with van der Waals surface area (Å²) in [5.41, 5.74) is 2.99. The van der Waals surface area contributed by atoms with Crippen LogP contribution in [0.2, 0.25) is 5.02 Å². The van der Waals surface area contributed by atoms with Crippen LogP contribution in [-0.2, 0) is 10.5 Å². The summed E-state index contributed by atoms with van der Waals surface area (Å²) >= 11 is 7.76. The summed E-state index contributed by atoms with van der Waals surface area (Å²) < 4.78 is 0. The molecule has 2 aromatic rings. The van der Waals surface area contributed by atoms with Gasteiger partial charge in [-0.25, -0.2) is 0 Å². The molecule has 0 aromatic heterocycles. The summed E-state index contributed by atoms with van der Waals surface area (Å²) in [4.78, 5) is 12.4. The molecule has 4 heteroatoms. The lowest BCUT2D eigenvalue weighted by molar-refractivity contribution is -0.115. The van der Waals surface area contributed by atoms with Gasteiger partial charge in [0.15, 0.2) is 0 Å². The van der Waals surface area contributed by atoms with Crippen LogP contribution in [0.5, 0.6) is 0 Å². The number of hydrogen-bond donors (Lipinski definition) is 1. The Morgan fingerprint density at radius 2 is 1.95 bits per heavy atom. The van der Waals surface area contributed by atoms with Crippen molar-refractivity contribution in [1.29, 1.82) is 0 Å². The second-order valence-electron chi connectivity index (χ2n) is 5.15. The van der Waals surface area contributed by atoms with Gasteiger partial charge in [0.25, 0.3) is 0 Å². The Labute approximate surface area is 141 Å². The zero-order valence-corrected chi connectivity index (χ0v) is 14.4. The van der Waals surface area contributed by atoms with Gasteiger partial charge in [-0.15, -0.1) is 11.8 Å². The van der Waals surface area contributed by atoms with E-state index in [1.807, 2.05) is 44.2 Å². The topological polar surface area (TPSA) is 29.1 Å². The SMILES string of the molecule is CCC(SCc1ccccc1)C(=O)Nc1ccc(C)c(Cl)c1. The van der Waals surface area contributed by atoms with Crippen molar-refractivity contribution in [2.24, 2.45) is 0 Å². The van der Waals surface area contributed by atoms with Crippen LogP contribution in [0.4, 0.5) is 5.69 Å². The quantitative estimate of drug-likeness (QED) is 0.777. The number of aryl methyl sites for hydroxylation is 1. The average molecular weight is 334 g/mol. The second-order valence-corrected chi connectivity index (χ2v) is 6.74. The summed E-state index contributed by atoms with van der Waals surface area (Å²) in [5, 5.41) is 3.55. The first-order chi connectivity index (χ1) is 10.6. The third kappa shape index (κ3) is 4.79. The highest BCUT2D eigenvalue weighted by atomic mass is 35.5. The number of rotatable bonds is 6. The standard InChI is InChI=1S/C18H20ClNOS/c1-3-17(22-12-14-7-5-4-6-8-14)18(21)20-15-10-9-13(2)16(19)11-15/h4-11,17H,3,12H2,1-2H3,(H,20,21). The molecule has 1 unspecified atom stereocenters. The largest absolute Gasteiger partial charge is 0.325 e. The Balaban J connectivity index is 1.95. The van der Waals surface area contributed by atoms with Crippen molar-refractivity contribution in [2.45, 2.75) is 31.3 Å². The first-order valence-electron chi connectivity index (χ1n) is 7.32.